The van der Waals surface area contributed by atoms with E-state index in [9.17, 15) is 0 Å². The lowest BCUT2D eigenvalue weighted by Crippen LogP contribution is -2.01. The van der Waals surface area contributed by atoms with Gasteiger partial charge in [0.05, 0.1) is 33.1 Å². The van der Waals surface area contributed by atoms with E-state index in [1.165, 1.54) is 131 Å². The van der Waals surface area contributed by atoms with Crippen LogP contribution in [0.25, 0.3) is 171 Å². The van der Waals surface area contributed by atoms with Gasteiger partial charge in [0.25, 0.3) is 0 Å². The van der Waals surface area contributed by atoms with Crippen molar-refractivity contribution in [1.29, 1.82) is 0 Å². The van der Waals surface area contributed by atoms with E-state index in [2.05, 4.69) is 317 Å². The smallest absolute Gasteiger partial charge is 0.145 e. The summed E-state index contributed by atoms with van der Waals surface area (Å²) in [7, 11) is 0. The summed E-state index contributed by atoms with van der Waals surface area (Å²) >= 11 is 0. The first-order valence-corrected chi connectivity index (χ1v) is 30.2. The van der Waals surface area contributed by atoms with E-state index >= 15 is 0 Å². The summed E-state index contributed by atoms with van der Waals surface area (Å²) in [4.78, 5) is 5.26. The highest BCUT2D eigenvalue weighted by Gasteiger charge is 2.24. The maximum Gasteiger partial charge on any atom is 0.145 e. The average Bonchev–Trinajstić information content (AvgIpc) is 1.71. The van der Waals surface area contributed by atoms with Gasteiger partial charge >= 0.3 is 0 Å². The largest absolute Gasteiger partial charge is 0.309 e. The molecule has 14 aromatic carbocycles. The Bertz CT molecular complexity index is 5600. The van der Waals surface area contributed by atoms with Crippen LogP contribution >= 0.6 is 0 Å². The third kappa shape index (κ3) is 7.61. The van der Waals surface area contributed by atoms with Crippen LogP contribution in [0.5, 0.6) is 0 Å². The zero-order valence-corrected chi connectivity index (χ0v) is 47.6. The maximum absolute atomic E-state index is 5.26. The minimum absolute atomic E-state index is 0.968. The SMILES string of the molecule is C1=CCCC(n2c(-c3ccc(-c4c5ccccc5c(-c5ccc6c(-c7cccc(-n8c9ccccc9c9ccccc98)c7)c7ccccc7c(-c7cccc(-n8c9ccccc9c9ccccc98)c7)c6c5)c5ccccc45)cc3)nc3ccccc32)=C1. The van der Waals surface area contributed by atoms with Crippen LogP contribution in [0.3, 0.4) is 0 Å². The quantitative estimate of drug-likeness (QED) is 0.139. The van der Waals surface area contributed by atoms with Crippen molar-refractivity contribution in [2.75, 3.05) is 0 Å². The van der Waals surface area contributed by atoms with Crippen molar-refractivity contribution in [3.05, 3.63) is 303 Å². The van der Waals surface area contributed by atoms with Crippen LogP contribution < -0.4 is 0 Å². The summed E-state index contributed by atoms with van der Waals surface area (Å²) in [5, 5.41) is 14.7. The number of para-hydroxylation sites is 6. The van der Waals surface area contributed by atoms with Crippen molar-refractivity contribution in [3.63, 3.8) is 0 Å². The summed E-state index contributed by atoms with van der Waals surface area (Å²) in [6.45, 7) is 0. The van der Waals surface area contributed by atoms with Gasteiger partial charge in [-0.25, -0.2) is 4.98 Å². The van der Waals surface area contributed by atoms with Crippen LogP contribution in [0.15, 0.2) is 303 Å². The zero-order valence-electron chi connectivity index (χ0n) is 47.6. The molecule has 87 heavy (non-hydrogen) atoms. The Balaban J connectivity index is 0.868. The van der Waals surface area contributed by atoms with Gasteiger partial charge in [0.2, 0.25) is 0 Å². The molecule has 406 valence electrons. The van der Waals surface area contributed by atoms with Crippen LogP contribution in [-0.4, -0.2) is 18.7 Å². The Hall–Kier alpha value is -11.3. The van der Waals surface area contributed by atoms with Crippen LogP contribution in [0.4, 0.5) is 0 Å². The first-order valence-electron chi connectivity index (χ1n) is 30.2. The fourth-order valence-corrected chi connectivity index (χ4v) is 14.8. The number of hydrogen-bond acceptors (Lipinski definition) is 1. The molecule has 18 rings (SSSR count). The number of benzene rings is 14. The lowest BCUT2D eigenvalue weighted by molar-refractivity contribution is 0.960. The summed E-state index contributed by atoms with van der Waals surface area (Å²) in [5.74, 6) is 0.968. The predicted octanol–water partition coefficient (Wildman–Crippen LogP) is 22.4. The van der Waals surface area contributed by atoms with Gasteiger partial charge < -0.3 is 9.13 Å². The molecule has 3 aromatic heterocycles. The van der Waals surface area contributed by atoms with Crippen molar-refractivity contribution < 1.29 is 0 Å². The van der Waals surface area contributed by atoms with E-state index in [1.807, 2.05) is 0 Å². The zero-order chi connectivity index (χ0) is 57.1. The number of hydrogen-bond donors (Lipinski definition) is 0. The number of allylic oxidation sites excluding steroid dienone is 4. The first kappa shape index (κ1) is 49.1. The van der Waals surface area contributed by atoms with Crippen molar-refractivity contribution >= 4 is 103 Å². The van der Waals surface area contributed by atoms with Crippen LogP contribution in [0.2, 0.25) is 0 Å². The van der Waals surface area contributed by atoms with Crippen LogP contribution in [-0.2, 0) is 0 Å². The second kappa shape index (κ2) is 19.6. The highest BCUT2D eigenvalue weighted by Crippen LogP contribution is 2.50. The van der Waals surface area contributed by atoms with Gasteiger partial charge in [-0.3, -0.25) is 4.57 Å². The number of nitrogens with zero attached hydrogens (tertiary/aromatic N) is 4. The van der Waals surface area contributed by atoms with Crippen LogP contribution in [0, 0.1) is 0 Å². The monoisotopic (exact) mass is 1110 g/mol. The Morgan fingerprint density at radius 2 is 0.632 bits per heavy atom. The average molecular weight is 1110 g/mol. The Morgan fingerprint density at radius 1 is 0.264 bits per heavy atom. The lowest BCUT2D eigenvalue weighted by atomic mass is 9.82. The number of imidazole rings is 1. The predicted molar refractivity (Wildman–Crippen MR) is 368 cm³/mol. The van der Waals surface area contributed by atoms with Gasteiger partial charge in [0, 0.05) is 44.2 Å². The third-order valence-electron chi connectivity index (χ3n) is 18.5. The van der Waals surface area contributed by atoms with Gasteiger partial charge in [-0.1, -0.05) is 231 Å². The first-order chi connectivity index (χ1) is 43.2. The molecule has 0 radical (unpaired) electrons. The van der Waals surface area contributed by atoms with E-state index in [0.29, 0.717) is 0 Å². The Morgan fingerprint density at radius 3 is 1.09 bits per heavy atom. The van der Waals surface area contributed by atoms with E-state index in [-0.39, 0.29) is 0 Å². The summed E-state index contributed by atoms with van der Waals surface area (Å²) < 4.78 is 7.24. The van der Waals surface area contributed by atoms with E-state index < -0.39 is 0 Å². The molecule has 0 atom stereocenters. The molecule has 17 aromatic rings. The molecule has 0 bridgehead atoms. The van der Waals surface area contributed by atoms with E-state index in [1.54, 1.807) is 0 Å². The van der Waals surface area contributed by atoms with Crippen LogP contribution in [0.1, 0.15) is 12.8 Å². The molecule has 4 heteroatoms. The Labute approximate surface area is 502 Å². The normalized spacial score (nSPS) is 12.8. The number of fused-ring (bicyclic) bond motifs is 11. The molecule has 0 N–H and O–H groups in total. The fraction of sp³-hybridized carbons (Fsp3) is 0.0241. The molecular weight excluding hydrogens is 1050 g/mol. The van der Waals surface area contributed by atoms with E-state index in [4.69, 9.17) is 4.98 Å². The summed E-state index contributed by atoms with van der Waals surface area (Å²) in [6, 6.07) is 106. The van der Waals surface area contributed by atoms with Gasteiger partial charge in [-0.15, -0.1) is 0 Å². The molecule has 4 nitrogen and oxygen atoms in total. The minimum Gasteiger partial charge on any atom is -0.309 e. The molecule has 0 amide bonds. The molecule has 1 aliphatic rings. The topological polar surface area (TPSA) is 27.7 Å². The Kier molecular flexibility index (Phi) is 11.1. The van der Waals surface area contributed by atoms with Gasteiger partial charge in [0.1, 0.15) is 5.82 Å². The second-order valence-corrected chi connectivity index (χ2v) is 23.2. The van der Waals surface area contributed by atoms with Crippen molar-refractivity contribution in [3.8, 4) is 67.3 Å². The highest BCUT2D eigenvalue weighted by molar-refractivity contribution is 6.25. The molecule has 0 unspecified atom stereocenters. The van der Waals surface area contributed by atoms with Gasteiger partial charge in [-0.05, 0) is 173 Å². The fourth-order valence-electron chi connectivity index (χ4n) is 14.8. The molecule has 3 heterocycles. The second-order valence-electron chi connectivity index (χ2n) is 23.2. The third-order valence-corrected chi connectivity index (χ3v) is 18.5. The molecule has 0 aliphatic heterocycles. The van der Waals surface area contributed by atoms with Crippen molar-refractivity contribution in [2.45, 2.75) is 12.8 Å². The summed E-state index contributed by atoms with van der Waals surface area (Å²) in [5.41, 5.74) is 21.1. The lowest BCUT2D eigenvalue weighted by Gasteiger charge is -2.21. The molecule has 0 spiro atoms. The van der Waals surface area contributed by atoms with Gasteiger partial charge in [0.15, 0.2) is 0 Å². The van der Waals surface area contributed by atoms with Crippen molar-refractivity contribution in [2.24, 2.45) is 0 Å². The standard InChI is InChI=1S/C83H54N4/c1-2-24-58(25-3-1)87-78-43-19-14-38-73(78)84-83(87)54-46-44-53(45-47-54)79-65-32-4-6-34-67(65)81(68-35-7-5-33-66(68)79)57-48-49-71-72(52-57)82(56-23-21-27-60(51-56)86-76-41-17-12-30-63(76)64-31-13-18-42-77(64)86)70-37-9-8-36-69(70)80(71)55-22-20-26-59(50-55)85-74-39-15-10-28-61(74)62-29-11-16-40-75(62)85/h1-2,4-24,26-52H,3,25H2. The molecule has 0 saturated carbocycles. The number of aromatic nitrogens is 4. The molecule has 0 fully saturated rings. The van der Waals surface area contributed by atoms with E-state index in [0.717, 1.165) is 52.2 Å². The minimum atomic E-state index is 0.968. The maximum atomic E-state index is 5.26. The highest BCUT2D eigenvalue weighted by atomic mass is 15.1. The van der Waals surface area contributed by atoms with Gasteiger partial charge in [-0.2, -0.15) is 0 Å². The number of rotatable bonds is 8. The molecule has 1 aliphatic carbocycles. The summed E-state index contributed by atoms with van der Waals surface area (Å²) in [6.07, 6.45) is 8.65. The molecular formula is C83H54N4. The van der Waals surface area contributed by atoms with Crippen molar-refractivity contribution in [1.82, 2.24) is 18.7 Å². The molecule has 0 saturated heterocycles.